The fourth-order valence-corrected chi connectivity index (χ4v) is 3.01. The van der Waals surface area contributed by atoms with E-state index in [-0.39, 0.29) is 86.2 Å². The summed E-state index contributed by atoms with van der Waals surface area (Å²) in [6.45, 7) is 31.2. The van der Waals surface area contributed by atoms with Gasteiger partial charge in [-0.3, -0.25) is 14.3 Å². The molecule has 0 radical (unpaired) electrons. The Balaban J connectivity index is -0.000000199. The topological polar surface area (TPSA) is 256 Å². The molecule has 0 aromatic carbocycles. The van der Waals surface area contributed by atoms with E-state index in [1.54, 1.807) is 46.3 Å². The molecule has 57 heavy (non-hydrogen) atoms. The van der Waals surface area contributed by atoms with Gasteiger partial charge in [-0.25, -0.2) is 18.0 Å². The zero-order valence-electron chi connectivity index (χ0n) is 37.6. The fraction of sp³-hybridized carbons (Fsp3) is 0.865. The Morgan fingerprint density at radius 2 is 1.09 bits per heavy atom. The SMILES string of the molecule is CC(C)OC/C(N)=N/O.CC(C)OCC(=O)NS(C)(=O)=O.CC(C)OCC(C)OC(=O)OC(C)C.CC(C)OCCOC(=O)C(C)C.CCOC(=O)COC(C)C. The van der Waals surface area contributed by atoms with E-state index in [2.05, 4.69) is 9.89 Å². The predicted octanol–water partition coefficient (Wildman–Crippen LogP) is 4.59. The zero-order chi connectivity index (χ0) is 45.7. The van der Waals surface area contributed by atoms with Gasteiger partial charge < -0.3 is 53.6 Å². The monoisotopic (exact) mass is 852 g/mol. The molecular weight excluding hydrogens is 774 g/mol. The van der Waals surface area contributed by atoms with Crippen LogP contribution in [0.5, 0.6) is 0 Å². The van der Waals surface area contributed by atoms with Crippen molar-refractivity contribution in [2.24, 2.45) is 16.8 Å². The summed E-state index contributed by atoms with van der Waals surface area (Å²) < 4.78 is 67.3. The van der Waals surface area contributed by atoms with Crippen LogP contribution >= 0.6 is 0 Å². The summed E-state index contributed by atoms with van der Waals surface area (Å²) in [4.78, 5) is 43.3. The molecule has 0 aromatic heterocycles. The zero-order valence-corrected chi connectivity index (χ0v) is 38.4. The maximum Gasteiger partial charge on any atom is 0.508 e. The molecule has 20 heteroatoms. The van der Waals surface area contributed by atoms with Gasteiger partial charge >= 0.3 is 18.1 Å². The van der Waals surface area contributed by atoms with E-state index >= 15 is 0 Å². The number of carbonyl (C=O) groups excluding carboxylic acids is 4. The maximum absolute atomic E-state index is 11.0. The number of amidine groups is 1. The highest BCUT2D eigenvalue weighted by Crippen LogP contribution is 2.00. The van der Waals surface area contributed by atoms with E-state index in [1.807, 2.05) is 69.2 Å². The summed E-state index contributed by atoms with van der Waals surface area (Å²) in [6.07, 6.45) is 0.305. The number of ether oxygens (including phenoxy) is 9. The minimum absolute atomic E-state index is 0.0518. The summed E-state index contributed by atoms with van der Waals surface area (Å²) in [6, 6.07) is 0. The van der Waals surface area contributed by atoms with Crippen molar-refractivity contribution in [3.8, 4) is 0 Å². The van der Waals surface area contributed by atoms with Gasteiger partial charge in [0.1, 0.15) is 32.5 Å². The number of oxime groups is 1. The third-order valence-corrected chi connectivity index (χ3v) is 5.52. The molecule has 0 aliphatic rings. The van der Waals surface area contributed by atoms with Crippen molar-refractivity contribution in [1.82, 2.24) is 4.72 Å². The lowest BCUT2D eigenvalue weighted by atomic mass is 10.2. The minimum Gasteiger partial charge on any atom is -0.464 e. The molecule has 0 rings (SSSR count). The van der Waals surface area contributed by atoms with Gasteiger partial charge in [-0.15, -0.1) is 0 Å². The van der Waals surface area contributed by atoms with Crippen molar-refractivity contribution in [3.63, 3.8) is 0 Å². The van der Waals surface area contributed by atoms with Crippen LogP contribution in [0.2, 0.25) is 0 Å². The standard InChI is InChI=1S/C10H20O4.C9H18O3.C7H14O3.C6H13NO4S.C5H12N2O2/c1-7(2)12-6-9(5)14-10(11)13-8(3)4;1-7(2)9(10)12-6-5-11-8(3)4;1-4-9-7(8)5-10-6(2)3;1-5(2)11-4-6(8)7-12(3,9)10;1-4(2)9-3-5(6)7-8/h7-9H,6H2,1-5H3;7-8H,5-6H2,1-4H3;6H,4-5H2,1-3H3;5H,4H2,1-3H3,(H,7,8);4,8H,3H2,1-2H3,(H2,6,7). The highest BCUT2D eigenvalue weighted by molar-refractivity contribution is 7.89. The normalized spacial score (nSPS) is 11.7. The second-order valence-electron chi connectivity index (χ2n) is 13.7. The molecule has 0 heterocycles. The summed E-state index contributed by atoms with van der Waals surface area (Å²) >= 11 is 0. The smallest absolute Gasteiger partial charge is 0.464 e. The van der Waals surface area contributed by atoms with Gasteiger partial charge in [-0.05, 0) is 96.9 Å². The molecule has 0 fully saturated rings. The van der Waals surface area contributed by atoms with Gasteiger partial charge in [0.2, 0.25) is 10.0 Å². The Kier molecular flexibility index (Phi) is 43.6. The lowest BCUT2D eigenvalue weighted by Gasteiger charge is -2.16. The predicted molar refractivity (Wildman–Crippen MR) is 216 cm³/mol. The van der Waals surface area contributed by atoms with Gasteiger partial charge in [0, 0.05) is 0 Å². The maximum atomic E-state index is 11.0. The van der Waals surface area contributed by atoms with Crippen LogP contribution in [-0.2, 0) is 67.0 Å². The van der Waals surface area contributed by atoms with E-state index in [9.17, 15) is 27.6 Å². The van der Waals surface area contributed by atoms with Gasteiger partial charge in [0.25, 0.3) is 5.91 Å². The quantitative estimate of drug-likeness (QED) is 0.0271. The number of rotatable bonds is 21. The molecule has 1 unspecified atom stereocenters. The first-order valence-corrected chi connectivity index (χ1v) is 20.7. The van der Waals surface area contributed by atoms with Gasteiger partial charge in [-0.2, -0.15) is 0 Å². The van der Waals surface area contributed by atoms with Crippen molar-refractivity contribution in [1.29, 1.82) is 0 Å². The number of hydrogen-bond donors (Lipinski definition) is 3. The van der Waals surface area contributed by atoms with Gasteiger partial charge in [0.05, 0.1) is 68.6 Å². The lowest BCUT2D eigenvalue weighted by molar-refractivity contribution is -0.150. The summed E-state index contributed by atoms with van der Waals surface area (Å²) in [5.41, 5.74) is 5.10. The van der Waals surface area contributed by atoms with Crippen LogP contribution in [0.25, 0.3) is 0 Å². The van der Waals surface area contributed by atoms with E-state index < -0.39 is 22.1 Å². The molecule has 0 aliphatic heterocycles. The van der Waals surface area contributed by atoms with Gasteiger partial charge in [0.15, 0.2) is 5.84 Å². The highest BCUT2D eigenvalue weighted by Gasteiger charge is 2.13. The summed E-state index contributed by atoms with van der Waals surface area (Å²) in [5, 5.41) is 10.8. The first-order valence-electron chi connectivity index (χ1n) is 18.8. The van der Waals surface area contributed by atoms with Crippen LogP contribution < -0.4 is 10.5 Å². The van der Waals surface area contributed by atoms with Crippen LogP contribution in [-0.4, -0.2) is 139 Å². The average molecular weight is 852 g/mol. The van der Waals surface area contributed by atoms with Crippen molar-refractivity contribution in [2.45, 2.75) is 154 Å². The molecule has 0 spiro atoms. The fourth-order valence-electron chi connectivity index (χ4n) is 2.54. The Morgan fingerprint density at radius 3 is 1.47 bits per heavy atom. The molecular formula is C37H77N3O16S. The van der Waals surface area contributed by atoms with Crippen LogP contribution in [0.15, 0.2) is 5.16 Å². The number of nitrogens with one attached hydrogen (secondary N) is 1. The molecule has 4 N–H and O–H groups in total. The van der Waals surface area contributed by atoms with E-state index in [0.717, 1.165) is 6.26 Å². The van der Waals surface area contributed by atoms with Crippen molar-refractivity contribution in [3.05, 3.63) is 0 Å². The van der Waals surface area contributed by atoms with Crippen molar-refractivity contribution >= 4 is 39.9 Å². The van der Waals surface area contributed by atoms with Gasteiger partial charge in [-0.1, -0.05) is 19.0 Å². The molecule has 0 saturated carbocycles. The summed E-state index contributed by atoms with van der Waals surface area (Å²) in [7, 11) is -3.45. The molecule has 0 saturated heterocycles. The number of carbonyl (C=O) groups is 4. The van der Waals surface area contributed by atoms with Crippen LogP contribution in [0.3, 0.4) is 0 Å². The van der Waals surface area contributed by atoms with Crippen LogP contribution in [0.1, 0.15) is 111 Å². The van der Waals surface area contributed by atoms with E-state index in [0.29, 0.717) is 26.4 Å². The number of hydrogen-bond acceptors (Lipinski definition) is 17. The number of amides is 1. The Hall–Kier alpha value is -3.30. The molecule has 1 amide bonds. The average Bonchev–Trinajstić information content (AvgIpc) is 3.06. The molecule has 1 atom stereocenters. The number of esters is 2. The Morgan fingerprint density at radius 1 is 0.632 bits per heavy atom. The molecule has 0 bridgehead atoms. The highest BCUT2D eigenvalue weighted by atomic mass is 32.2. The molecule has 342 valence electrons. The third-order valence-electron chi connectivity index (χ3n) is 4.92. The number of nitrogens with two attached hydrogens (primary N) is 1. The second kappa shape index (κ2) is 39.5. The second-order valence-corrected chi connectivity index (χ2v) is 15.5. The van der Waals surface area contributed by atoms with Crippen LogP contribution in [0, 0.1) is 5.92 Å². The first-order chi connectivity index (χ1) is 26.1. The lowest BCUT2D eigenvalue weighted by Crippen LogP contribution is -2.33. The van der Waals surface area contributed by atoms with Crippen LogP contribution in [0.4, 0.5) is 4.79 Å². The molecule has 0 aromatic rings. The Bertz CT molecular complexity index is 1150. The van der Waals surface area contributed by atoms with Crippen molar-refractivity contribution in [2.75, 3.05) is 52.5 Å². The molecule has 19 nitrogen and oxygen atoms in total. The third kappa shape index (κ3) is 64.9. The molecule has 0 aliphatic carbocycles. The minimum atomic E-state index is -3.45. The first kappa shape index (κ1) is 62.9. The Labute approximate surface area is 342 Å². The van der Waals surface area contributed by atoms with Crippen molar-refractivity contribution < 1.29 is 75.4 Å². The number of sulfonamides is 1. The van der Waals surface area contributed by atoms with E-state index in [1.165, 1.54) is 0 Å². The largest absolute Gasteiger partial charge is 0.508 e. The van der Waals surface area contributed by atoms with E-state index in [4.69, 9.17) is 48.8 Å². The number of nitrogens with zero attached hydrogens (tertiary/aromatic N) is 1. The summed E-state index contributed by atoms with van der Waals surface area (Å²) in [5.74, 6) is -1.06.